The molecule has 2 aromatic carbocycles. The van der Waals surface area contributed by atoms with Crippen molar-refractivity contribution in [3.8, 4) is 0 Å². The van der Waals surface area contributed by atoms with Crippen molar-refractivity contribution >= 4 is 5.78 Å². The summed E-state index contributed by atoms with van der Waals surface area (Å²) in [5.74, 6) is 0.808. The van der Waals surface area contributed by atoms with E-state index in [-0.39, 0.29) is 17.6 Å². The van der Waals surface area contributed by atoms with Gasteiger partial charge >= 0.3 is 0 Å². The van der Waals surface area contributed by atoms with Gasteiger partial charge in [0, 0.05) is 13.0 Å². The summed E-state index contributed by atoms with van der Waals surface area (Å²) in [6.07, 6.45) is 0. The molecule has 1 N–H and O–H groups in total. The van der Waals surface area contributed by atoms with Crippen molar-refractivity contribution in [3.05, 3.63) is 71.8 Å². The van der Waals surface area contributed by atoms with Crippen molar-refractivity contribution in [1.82, 2.24) is 0 Å². The number of hydrogen-bond donors (Lipinski definition) is 1. The first-order valence-electron chi connectivity index (χ1n) is 8.66. The molecule has 0 aliphatic carbocycles. The quantitative estimate of drug-likeness (QED) is 0.794. The predicted octanol–water partition coefficient (Wildman–Crippen LogP) is 5.43. The summed E-state index contributed by atoms with van der Waals surface area (Å²) in [7, 11) is 1.00. The van der Waals surface area contributed by atoms with E-state index in [9.17, 15) is 4.79 Å². The zero-order chi connectivity index (χ0) is 18.5. The van der Waals surface area contributed by atoms with Gasteiger partial charge < -0.3 is 5.11 Å². The van der Waals surface area contributed by atoms with Crippen LogP contribution in [-0.4, -0.2) is 18.0 Å². The van der Waals surface area contributed by atoms with E-state index >= 15 is 0 Å². The minimum absolute atomic E-state index is 0.0209. The fraction of sp³-hybridized carbons (Fsp3) is 0.409. The zero-order valence-corrected chi connectivity index (χ0v) is 15.9. The topological polar surface area (TPSA) is 37.3 Å². The largest absolute Gasteiger partial charge is 0.400 e. The molecule has 24 heavy (non-hydrogen) atoms. The second-order valence-electron chi connectivity index (χ2n) is 5.54. The number of benzene rings is 2. The number of hydrogen-bond acceptors (Lipinski definition) is 2. The van der Waals surface area contributed by atoms with Gasteiger partial charge in [0.25, 0.3) is 0 Å². The Bertz CT molecular complexity index is 549. The molecule has 0 fully saturated rings. The maximum Gasteiger partial charge on any atom is 0.133 e. The van der Waals surface area contributed by atoms with Gasteiger partial charge in [0.2, 0.25) is 0 Å². The monoisotopic (exact) mass is 328 g/mol. The van der Waals surface area contributed by atoms with Crippen LogP contribution in [0.5, 0.6) is 0 Å². The van der Waals surface area contributed by atoms with Gasteiger partial charge in [-0.05, 0) is 29.9 Å². The highest BCUT2D eigenvalue weighted by atomic mass is 16.2. The highest BCUT2D eigenvalue weighted by Gasteiger charge is 2.28. The van der Waals surface area contributed by atoms with Crippen molar-refractivity contribution in [2.45, 2.75) is 46.5 Å². The molecule has 2 nitrogen and oxygen atoms in total. The second-order valence-corrected chi connectivity index (χ2v) is 5.54. The average Bonchev–Trinajstić information content (AvgIpc) is 2.66. The maximum absolute atomic E-state index is 11.9. The predicted molar refractivity (Wildman–Crippen MR) is 103 cm³/mol. The lowest BCUT2D eigenvalue weighted by molar-refractivity contribution is -0.121. The standard InChI is InChI=1S/C19H22O.C2H6.CH4O/c1-14(16(3)20)19(18-12-8-5-9-13-18)15(2)17-10-6-4-7-11-17;2*1-2/h4-15,19H,1-3H3;1-2H3;2H,1H3. The van der Waals surface area contributed by atoms with Gasteiger partial charge in [0.1, 0.15) is 5.78 Å². The summed E-state index contributed by atoms with van der Waals surface area (Å²) in [4.78, 5) is 11.9. The van der Waals surface area contributed by atoms with Gasteiger partial charge in [-0.25, -0.2) is 0 Å². The van der Waals surface area contributed by atoms with E-state index in [1.54, 1.807) is 6.92 Å². The average molecular weight is 328 g/mol. The van der Waals surface area contributed by atoms with Crippen LogP contribution in [0, 0.1) is 5.92 Å². The Morgan fingerprint density at radius 1 is 0.792 bits per heavy atom. The molecule has 3 atom stereocenters. The number of carbonyl (C=O) groups excluding carboxylic acids is 1. The molecule has 0 saturated carbocycles. The Morgan fingerprint density at radius 3 is 1.54 bits per heavy atom. The molecule has 0 saturated heterocycles. The minimum atomic E-state index is 0.0209. The number of carbonyl (C=O) groups is 1. The molecule has 132 valence electrons. The molecule has 2 rings (SSSR count). The highest BCUT2D eigenvalue weighted by Crippen LogP contribution is 2.38. The van der Waals surface area contributed by atoms with Crippen molar-refractivity contribution in [2.75, 3.05) is 7.11 Å². The first kappa shape index (κ1) is 22.1. The molecule has 0 aliphatic heterocycles. The summed E-state index contributed by atoms with van der Waals surface area (Å²) < 4.78 is 0. The molecule has 0 spiro atoms. The highest BCUT2D eigenvalue weighted by molar-refractivity contribution is 5.79. The number of Topliss-reactive ketones (excluding diaryl/α,β-unsaturated/α-hetero) is 1. The minimum Gasteiger partial charge on any atom is -0.400 e. The normalized spacial score (nSPS) is 13.3. The molecule has 3 unspecified atom stereocenters. The maximum atomic E-state index is 11.9. The van der Waals surface area contributed by atoms with Gasteiger partial charge in [-0.2, -0.15) is 0 Å². The van der Waals surface area contributed by atoms with E-state index in [1.165, 1.54) is 11.1 Å². The van der Waals surface area contributed by atoms with Crippen LogP contribution in [0.2, 0.25) is 0 Å². The Morgan fingerprint density at radius 2 is 1.17 bits per heavy atom. The van der Waals surface area contributed by atoms with Crippen molar-refractivity contribution in [3.63, 3.8) is 0 Å². The Balaban J connectivity index is 0.00000123. The van der Waals surface area contributed by atoms with Crippen LogP contribution in [-0.2, 0) is 4.79 Å². The summed E-state index contributed by atoms with van der Waals surface area (Å²) in [5.41, 5.74) is 2.53. The van der Waals surface area contributed by atoms with Crippen molar-refractivity contribution in [2.24, 2.45) is 5.92 Å². The molecule has 0 radical (unpaired) electrons. The molecular weight excluding hydrogens is 296 g/mol. The van der Waals surface area contributed by atoms with Crippen molar-refractivity contribution < 1.29 is 9.90 Å². The zero-order valence-electron chi connectivity index (χ0n) is 15.9. The summed E-state index contributed by atoms with van der Waals surface area (Å²) in [6, 6.07) is 20.8. The number of aliphatic hydroxyl groups excluding tert-OH is 1. The number of rotatable bonds is 5. The molecule has 0 heterocycles. The summed E-state index contributed by atoms with van der Waals surface area (Å²) >= 11 is 0. The van der Waals surface area contributed by atoms with Crippen LogP contribution in [0.15, 0.2) is 60.7 Å². The van der Waals surface area contributed by atoms with Gasteiger partial charge in [-0.1, -0.05) is 88.4 Å². The van der Waals surface area contributed by atoms with Gasteiger partial charge in [-0.15, -0.1) is 0 Å². The van der Waals surface area contributed by atoms with Crippen LogP contribution in [0.4, 0.5) is 0 Å². The van der Waals surface area contributed by atoms with Crippen molar-refractivity contribution in [1.29, 1.82) is 0 Å². The van der Waals surface area contributed by atoms with E-state index in [1.807, 2.05) is 45.0 Å². The summed E-state index contributed by atoms with van der Waals surface area (Å²) in [5, 5.41) is 7.00. The fourth-order valence-electron chi connectivity index (χ4n) is 2.90. The molecule has 0 aromatic heterocycles. The fourth-order valence-corrected chi connectivity index (χ4v) is 2.90. The molecule has 0 amide bonds. The third-order valence-electron chi connectivity index (χ3n) is 4.23. The van der Waals surface area contributed by atoms with Crippen LogP contribution < -0.4 is 0 Å². The number of ketones is 1. The van der Waals surface area contributed by atoms with Gasteiger partial charge in [-0.3, -0.25) is 4.79 Å². The van der Waals surface area contributed by atoms with Crippen LogP contribution in [0.1, 0.15) is 57.6 Å². The van der Waals surface area contributed by atoms with E-state index in [0.717, 1.165) is 7.11 Å². The molecular formula is C22H32O2. The lowest BCUT2D eigenvalue weighted by Gasteiger charge is -2.29. The van der Waals surface area contributed by atoms with Crippen LogP contribution >= 0.6 is 0 Å². The lowest BCUT2D eigenvalue weighted by atomic mass is 9.74. The van der Waals surface area contributed by atoms with Crippen LogP contribution in [0.3, 0.4) is 0 Å². The molecule has 2 heteroatoms. The summed E-state index contributed by atoms with van der Waals surface area (Å²) in [6.45, 7) is 9.95. The number of aliphatic hydroxyl groups is 1. The van der Waals surface area contributed by atoms with E-state index in [0.29, 0.717) is 5.92 Å². The van der Waals surface area contributed by atoms with E-state index < -0.39 is 0 Å². The first-order chi connectivity index (χ1) is 11.6. The first-order valence-corrected chi connectivity index (χ1v) is 8.66. The Hall–Kier alpha value is -1.93. The second kappa shape index (κ2) is 12.5. The Kier molecular flexibility index (Phi) is 11.5. The Labute approximate surface area is 147 Å². The smallest absolute Gasteiger partial charge is 0.133 e. The van der Waals surface area contributed by atoms with E-state index in [4.69, 9.17) is 5.11 Å². The van der Waals surface area contributed by atoms with Crippen LogP contribution in [0.25, 0.3) is 0 Å². The van der Waals surface area contributed by atoms with Gasteiger partial charge in [0.15, 0.2) is 0 Å². The molecule has 0 bridgehead atoms. The lowest BCUT2D eigenvalue weighted by Crippen LogP contribution is -2.22. The third kappa shape index (κ3) is 6.29. The molecule has 0 aliphatic rings. The SMILES string of the molecule is CC.CC(=O)C(C)C(c1ccccc1)C(C)c1ccccc1.CO. The molecule has 2 aromatic rings. The van der Waals surface area contributed by atoms with Gasteiger partial charge in [0.05, 0.1) is 0 Å². The van der Waals surface area contributed by atoms with E-state index in [2.05, 4.69) is 43.3 Å². The third-order valence-corrected chi connectivity index (χ3v) is 4.23.